The van der Waals surface area contributed by atoms with Crippen molar-refractivity contribution in [1.82, 2.24) is 4.98 Å². The number of H-pyrrole nitrogens is 1. The molecule has 2 aliphatic heterocycles. The molecule has 4 nitrogen and oxygen atoms in total. The fourth-order valence-corrected chi connectivity index (χ4v) is 4.15. The molecule has 0 radical (unpaired) electrons. The smallest absolute Gasteiger partial charge is 0.626 e. The molecule has 0 unspecified atom stereocenters. The van der Waals surface area contributed by atoms with Crippen molar-refractivity contribution in [2.75, 3.05) is 0 Å². The third kappa shape index (κ3) is 5.46. The van der Waals surface area contributed by atoms with E-state index in [1.807, 2.05) is 6.92 Å². The van der Waals surface area contributed by atoms with Crippen LogP contribution in [0.5, 0.6) is 0 Å². The van der Waals surface area contributed by atoms with E-state index in [4.69, 9.17) is 9.31 Å². The molecule has 5 rings (SSSR count). The number of hydrogen-bond donors (Lipinski definition) is 1. The van der Waals surface area contributed by atoms with Crippen LogP contribution >= 0.6 is 0 Å². The Labute approximate surface area is 229 Å². The van der Waals surface area contributed by atoms with Gasteiger partial charge in [-0.05, 0) is 87.4 Å². The zero-order chi connectivity index (χ0) is 28.6. The number of halogens is 4. The van der Waals surface area contributed by atoms with Crippen LogP contribution in [0.25, 0.3) is 5.76 Å². The van der Waals surface area contributed by atoms with Gasteiger partial charge in [-0.3, -0.25) is 0 Å². The lowest BCUT2D eigenvalue weighted by Gasteiger charge is -2.34. The molecule has 0 bridgehead atoms. The number of hydrogen-bond acceptors (Lipinski definition) is 3. The summed E-state index contributed by atoms with van der Waals surface area (Å²) in [6.07, 6.45) is 1.34. The normalized spacial score (nSPS) is 17.6. The first-order chi connectivity index (χ1) is 19.0. The Morgan fingerprint density at radius 3 is 1.95 bits per heavy atom. The first kappa shape index (κ1) is 26.7. The predicted octanol–water partition coefficient (Wildman–Crippen LogP) is 7.13. The molecule has 2 aliphatic rings. The van der Waals surface area contributed by atoms with E-state index in [-0.39, 0.29) is 28.7 Å². The number of rotatable bonds is 1. The van der Waals surface area contributed by atoms with Crippen molar-refractivity contribution >= 4 is 18.6 Å². The van der Waals surface area contributed by atoms with E-state index >= 15 is 0 Å². The summed E-state index contributed by atoms with van der Waals surface area (Å²) in [5, 5.41) is 0. The lowest BCUT2D eigenvalue weighted by molar-refractivity contribution is 0.171. The van der Waals surface area contributed by atoms with Crippen LogP contribution in [0.3, 0.4) is 0 Å². The van der Waals surface area contributed by atoms with Gasteiger partial charge in [0.2, 0.25) is 0 Å². The number of aromatic amines is 1. The Morgan fingerprint density at radius 1 is 0.775 bits per heavy atom. The Bertz CT molecular complexity index is 1770. The summed E-state index contributed by atoms with van der Waals surface area (Å²) in [7, 11) is -4.76. The molecule has 0 amide bonds. The van der Waals surface area contributed by atoms with Crippen LogP contribution in [0.15, 0.2) is 82.2 Å². The quantitative estimate of drug-likeness (QED) is 0.203. The highest BCUT2D eigenvalue weighted by Gasteiger charge is 2.40. The first-order valence-corrected chi connectivity index (χ1v) is 12.4. The van der Waals surface area contributed by atoms with Crippen molar-refractivity contribution in [3.8, 4) is 23.7 Å². The van der Waals surface area contributed by atoms with E-state index in [0.717, 1.165) is 11.3 Å². The number of aromatic nitrogens is 1. The second kappa shape index (κ2) is 10.4. The van der Waals surface area contributed by atoms with E-state index in [0.29, 0.717) is 33.5 Å². The SMILES string of the molecule is CC1=N/C(=C2/C=C(c3[nH]c(C)c(C)c3C#Cc3ccc(F)cc3)O[B-](F)(F)O2)C(C#Cc2ccc(F)cc2)=C1C. The number of benzene rings is 2. The van der Waals surface area contributed by atoms with E-state index in [1.165, 1.54) is 54.6 Å². The average Bonchev–Trinajstić information content (AvgIpc) is 3.36. The molecule has 200 valence electrons. The van der Waals surface area contributed by atoms with Crippen LogP contribution in [0.4, 0.5) is 17.4 Å². The second-order valence-corrected chi connectivity index (χ2v) is 9.33. The molecule has 0 saturated heterocycles. The summed E-state index contributed by atoms with van der Waals surface area (Å²) < 4.78 is 66.4. The molecule has 2 aromatic carbocycles. The number of allylic oxidation sites excluding steroid dienone is 3. The van der Waals surface area contributed by atoms with Crippen LogP contribution in [-0.4, -0.2) is 17.8 Å². The van der Waals surface area contributed by atoms with Gasteiger partial charge in [0.1, 0.15) is 28.8 Å². The lowest BCUT2D eigenvalue weighted by Crippen LogP contribution is -2.34. The van der Waals surface area contributed by atoms with Crippen molar-refractivity contribution in [1.29, 1.82) is 0 Å². The molecular formula is C31H22BF4N2O2-. The molecule has 9 heteroatoms. The third-order valence-electron chi connectivity index (χ3n) is 6.56. The molecule has 3 heterocycles. The van der Waals surface area contributed by atoms with Gasteiger partial charge in [-0.2, -0.15) is 0 Å². The molecule has 0 saturated carbocycles. The maximum Gasteiger partial charge on any atom is 0.726 e. The molecule has 1 aromatic heterocycles. The minimum atomic E-state index is -4.76. The summed E-state index contributed by atoms with van der Waals surface area (Å²) in [6.45, 7) is 7.14. The van der Waals surface area contributed by atoms with Crippen LogP contribution in [-0.2, 0) is 9.31 Å². The van der Waals surface area contributed by atoms with Crippen LogP contribution in [0.2, 0.25) is 0 Å². The molecule has 3 aromatic rings. The highest BCUT2D eigenvalue weighted by molar-refractivity contribution is 6.53. The number of nitrogens with one attached hydrogen (secondary N) is 1. The van der Waals surface area contributed by atoms with Crippen molar-refractivity contribution in [2.24, 2.45) is 4.99 Å². The summed E-state index contributed by atoms with van der Waals surface area (Å²) in [4.78, 5) is 7.56. The highest BCUT2D eigenvalue weighted by atomic mass is 19.3. The van der Waals surface area contributed by atoms with Crippen molar-refractivity contribution in [3.05, 3.63) is 122 Å². The fraction of sp³-hybridized carbons (Fsp3) is 0.129. The summed E-state index contributed by atoms with van der Waals surface area (Å²) in [5.74, 6) is 10.7. The van der Waals surface area contributed by atoms with E-state index < -0.39 is 12.9 Å². The number of aliphatic imine (C=N–C) groups is 1. The summed E-state index contributed by atoms with van der Waals surface area (Å²) in [6, 6.07) is 11.3. The van der Waals surface area contributed by atoms with Gasteiger partial charge >= 0.3 is 7.11 Å². The van der Waals surface area contributed by atoms with E-state index in [2.05, 4.69) is 33.7 Å². The predicted molar refractivity (Wildman–Crippen MR) is 147 cm³/mol. The van der Waals surface area contributed by atoms with Gasteiger partial charge in [0.25, 0.3) is 0 Å². The standard InChI is InChI=1S/C31H22BF4N2O2/c1-18-20(3)37-30(26(18)15-9-22-5-11-24(33)12-6-22)28-17-29(40-32(35,36)39-28)31-27(19(2)21(4)38-31)16-10-23-7-13-25(34)14-8-23/h5-8,11-14,17,37H,1-4H3/q-1/b31-29-. The number of aryl methyl sites for hydroxylation is 1. The largest absolute Gasteiger partial charge is 0.726 e. The van der Waals surface area contributed by atoms with E-state index in [1.54, 1.807) is 20.8 Å². The third-order valence-corrected chi connectivity index (χ3v) is 6.56. The van der Waals surface area contributed by atoms with Gasteiger partial charge in [-0.25, -0.2) is 13.8 Å². The van der Waals surface area contributed by atoms with Gasteiger partial charge in [-0.15, -0.1) is 0 Å². The monoisotopic (exact) mass is 541 g/mol. The van der Waals surface area contributed by atoms with Gasteiger partial charge in [0, 0.05) is 28.6 Å². The Kier molecular flexibility index (Phi) is 6.91. The van der Waals surface area contributed by atoms with Crippen molar-refractivity contribution in [3.63, 3.8) is 0 Å². The Morgan fingerprint density at radius 2 is 1.35 bits per heavy atom. The van der Waals surface area contributed by atoms with Crippen LogP contribution < -0.4 is 0 Å². The maximum absolute atomic E-state index is 14.9. The molecule has 1 N–H and O–H groups in total. The van der Waals surface area contributed by atoms with Gasteiger partial charge < -0.3 is 22.9 Å². The molecule has 0 fully saturated rings. The minimum absolute atomic E-state index is 0.144. The topological polar surface area (TPSA) is 46.6 Å². The Balaban J connectivity index is 1.61. The fourth-order valence-electron chi connectivity index (χ4n) is 4.15. The zero-order valence-electron chi connectivity index (χ0n) is 22.0. The minimum Gasteiger partial charge on any atom is -0.626 e. The zero-order valence-corrected chi connectivity index (χ0v) is 22.0. The van der Waals surface area contributed by atoms with Crippen molar-refractivity contribution < 1.29 is 26.7 Å². The Hall–Kier alpha value is -4.89. The van der Waals surface area contributed by atoms with Crippen LogP contribution in [0, 0.1) is 49.2 Å². The maximum atomic E-state index is 14.9. The van der Waals surface area contributed by atoms with Crippen molar-refractivity contribution in [2.45, 2.75) is 27.7 Å². The molecular weight excluding hydrogens is 519 g/mol. The molecule has 0 atom stereocenters. The molecule has 40 heavy (non-hydrogen) atoms. The highest BCUT2D eigenvalue weighted by Crippen LogP contribution is 2.38. The second-order valence-electron chi connectivity index (χ2n) is 9.33. The van der Waals surface area contributed by atoms with Gasteiger partial charge in [-0.1, -0.05) is 23.7 Å². The number of nitrogens with zero attached hydrogens (tertiary/aromatic N) is 1. The van der Waals surface area contributed by atoms with Crippen LogP contribution in [0.1, 0.15) is 47.5 Å². The first-order valence-electron chi connectivity index (χ1n) is 12.4. The summed E-state index contributed by atoms with van der Waals surface area (Å²) in [5.41, 5.74) is 5.16. The van der Waals surface area contributed by atoms with E-state index in [9.17, 15) is 17.4 Å². The molecule has 0 spiro atoms. The average molecular weight is 541 g/mol. The molecule has 0 aliphatic carbocycles. The lowest BCUT2D eigenvalue weighted by atomic mass is 10.0. The van der Waals surface area contributed by atoms with Gasteiger partial charge in [0.15, 0.2) is 0 Å². The summed E-state index contributed by atoms with van der Waals surface area (Å²) >= 11 is 0. The van der Waals surface area contributed by atoms with Gasteiger partial charge in [0.05, 0.1) is 16.8 Å².